The fourth-order valence-corrected chi connectivity index (χ4v) is 3.90. The van der Waals surface area contributed by atoms with Crippen LogP contribution in [0.15, 0.2) is 83.5 Å². The number of benzene rings is 2. The van der Waals surface area contributed by atoms with Gasteiger partial charge in [-0.2, -0.15) is 10.2 Å². The molecule has 5 aromatic rings. The van der Waals surface area contributed by atoms with Gasteiger partial charge in [-0.3, -0.25) is 4.79 Å². The van der Waals surface area contributed by atoms with Crippen molar-refractivity contribution in [1.29, 1.82) is 0 Å². The molecule has 33 heavy (non-hydrogen) atoms. The van der Waals surface area contributed by atoms with Gasteiger partial charge in [0.25, 0.3) is 5.91 Å². The minimum absolute atomic E-state index is 0.243. The first-order valence-corrected chi connectivity index (χ1v) is 10.7. The Bertz CT molecular complexity index is 1440. The van der Waals surface area contributed by atoms with Crippen molar-refractivity contribution in [1.82, 2.24) is 19.6 Å². The SMILES string of the molecule is Cc1nn(-c2ccccc2)c(C)c1NC(=O)c1cc(-c2ccco2)n(-c2cccc(Cl)c2)n1. The molecule has 0 aliphatic rings. The number of nitrogens with one attached hydrogen (secondary N) is 1. The fourth-order valence-electron chi connectivity index (χ4n) is 3.72. The van der Waals surface area contributed by atoms with E-state index in [9.17, 15) is 4.79 Å². The molecule has 8 heteroatoms. The van der Waals surface area contributed by atoms with E-state index < -0.39 is 0 Å². The largest absolute Gasteiger partial charge is 0.463 e. The highest BCUT2D eigenvalue weighted by molar-refractivity contribution is 6.30. The van der Waals surface area contributed by atoms with Crippen molar-refractivity contribution < 1.29 is 9.21 Å². The lowest BCUT2D eigenvalue weighted by molar-refractivity contribution is 0.102. The van der Waals surface area contributed by atoms with Crippen molar-refractivity contribution in [3.05, 3.63) is 101 Å². The summed E-state index contributed by atoms with van der Waals surface area (Å²) in [6, 6.07) is 22.3. The third kappa shape index (κ3) is 3.94. The molecule has 3 heterocycles. The molecule has 164 valence electrons. The quantitative estimate of drug-likeness (QED) is 0.359. The van der Waals surface area contributed by atoms with E-state index in [1.165, 1.54) is 0 Å². The number of aryl methyl sites for hydroxylation is 1. The first kappa shape index (κ1) is 20.8. The molecule has 0 saturated carbocycles. The van der Waals surface area contributed by atoms with E-state index in [0.717, 1.165) is 17.1 Å². The molecule has 7 nitrogen and oxygen atoms in total. The molecule has 2 aromatic carbocycles. The standard InChI is InChI=1S/C25H20ClN5O2/c1-16-24(17(2)30(28-16)19-9-4-3-5-10-19)27-25(32)21-15-22(23-12-7-13-33-23)31(29-21)20-11-6-8-18(26)14-20/h3-15H,1-2H3,(H,27,32). The molecular formula is C25H20ClN5O2. The zero-order chi connectivity index (χ0) is 22.9. The van der Waals surface area contributed by atoms with E-state index >= 15 is 0 Å². The van der Waals surface area contributed by atoms with Crippen LogP contribution < -0.4 is 5.32 Å². The number of carbonyl (C=O) groups is 1. The van der Waals surface area contributed by atoms with Gasteiger partial charge in [-0.1, -0.05) is 35.9 Å². The highest BCUT2D eigenvalue weighted by Gasteiger charge is 2.21. The summed E-state index contributed by atoms with van der Waals surface area (Å²) in [4.78, 5) is 13.2. The number of carbonyl (C=O) groups excluding carboxylic acids is 1. The lowest BCUT2D eigenvalue weighted by Gasteiger charge is -2.06. The maximum atomic E-state index is 13.2. The molecule has 0 saturated heterocycles. The maximum absolute atomic E-state index is 13.2. The summed E-state index contributed by atoms with van der Waals surface area (Å²) in [5, 5.41) is 12.7. The Morgan fingerprint density at radius 1 is 0.909 bits per heavy atom. The number of hydrogen-bond donors (Lipinski definition) is 1. The molecule has 0 spiro atoms. The van der Waals surface area contributed by atoms with Gasteiger partial charge in [-0.15, -0.1) is 0 Å². The summed E-state index contributed by atoms with van der Waals surface area (Å²) >= 11 is 6.18. The summed E-state index contributed by atoms with van der Waals surface area (Å²) in [6.07, 6.45) is 1.58. The van der Waals surface area contributed by atoms with E-state index in [1.54, 1.807) is 35.2 Å². The average Bonchev–Trinajstić information content (AvgIpc) is 3.55. The number of anilines is 1. The number of nitrogens with zero attached hydrogens (tertiary/aromatic N) is 4. The molecule has 1 amide bonds. The van der Waals surface area contributed by atoms with E-state index in [1.807, 2.05) is 67.1 Å². The van der Waals surface area contributed by atoms with Crippen molar-refractivity contribution in [2.24, 2.45) is 0 Å². The van der Waals surface area contributed by atoms with Crippen LogP contribution in [0, 0.1) is 13.8 Å². The third-order valence-electron chi connectivity index (χ3n) is 5.30. The number of hydrogen-bond acceptors (Lipinski definition) is 4. The Labute approximate surface area is 195 Å². The monoisotopic (exact) mass is 457 g/mol. The second-order valence-electron chi connectivity index (χ2n) is 7.53. The summed E-state index contributed by atoms with van der Waals surface area (Å²) in [5.41, 5.74) is 4.72. The van der Waals surface area contributed by atoms with Crippen molar-refractivity contribution in [3.63, 3.8) is 0 Å². The molecule has 5 rings (SSSR count). The average molecular weight is 458 g/mol. The Morgan fingerprint density at radius 3 is 2.42 bits per heavy atom. The molecule has 0 aliphatic heterocycles. The number of para-hydroxylation sites is 1. The summed E-state index contributed by atoms with van der Waals surface area (Å²) in [6.45, 7) is 3.78. The Morgan fingerprint density at radius 2 is 1.70 bits per heavy atom. The van der Waals surface area contributed by atoms with Crippen LogP contribution in [0.5, 0.6) is 0 Å². The van der Waals surface area contributed by atoms with E-state index in [0.29, 0.717) is 27.9 Å². The fraction of sp³-hybridized carbons (Fsp3) is 0.0800. The van der Waals surface area contributed by atoms with Gasteiger partial charge in [0.15, 0.2) is 11.5 Å². The van der Waals surface area contributed by atoms with Gasteiger partial charge in [0, 0.05) is 11.1 Å². The van der Waals surface area contributed by atoms with E-state index in [4.69, 9.17) is 16.0 Å². The summed E-state index contributed by atoms with van der Waals surface area (Å²) in [5.74, 6) is 0.244. The van der Waals surface area contributed by atoms with Gasteiger partial charge in [0.2, 0.25) is 0 Å². The minimum Gasteiger partial charge on any atom is -0.463 e. The lowest BCUT2D eigenvalue weighted by Crippen LogP contribution is -2.14. The molecule has 0 radical (unpaired) electrons. The molecule has 0 atom stereocenters. The van der Waals surface area contributed by atoms with Crippen LogP contribution in [0.2, 0.25) is 5.02 Å². The highest BCUT2D eigenvalue weighted by Crippen LogP contribution is 2.27. The smallest absolute Gasteiger partial charge is 0.276 e. The molecule has 0 aliphatic carbocycles. The zero-order valence-electron chi connectivity index (χ0n) is 18.0. The van der Waals surface area contributed by atoms with Crippen LogP contribution in [0.4, 0.5) is 5.69 Å². The van der Waals surface area contributed by atoms with Crippen LogP contribution in [0.1, 0.15) is 21.9 Å². The second-order valence-corrected chi connectivity index (χ2v) is 7.97. The van der Waals surface area contributed by atoms with E-state index in [2.05, 4.69) is 15.5 Å². The van der Waals surface area contributed by atoms with Crippen LogP contribution >= 0.6 is 11.6 Å². The molecule has 0 fully saturated rings. The number of furan rings is 1. The third-order valence-corrected chi connectivity index (χ3v) is 5.53. The van der Waals surface area contributed by atoms with E-state index in [-0.39, 0.29) is 11.6 Å². The maximum Gasteiger partial charge on any atom is 0.276 e. The molecule has 3 aromatic heterocycles. The number of rotatable bonds is 5. The Balaban J connectivity index is 1.51. The Hall–Kier alpha value is -4.10. The van der Waals surface area contributed by atoms with Gasteiger partial charge in [-0.25, -0.2) is 9.36 Å². The van der Waals surface area contributed by atoms with Gasteiger partial charge in [0.05, 0.1) is 34.7 Å². The van der Waals surface area contributed by atoms with Crippen LogP contribution in [0.3, 0.4) is 0 Å². The van der Waals surface area contributed by atoms with Crippen LogP contribution in [0.25, 0.3) is 22.8 Å². The van der Waals surface area contributed by atoms with Crippen molar-refractivity contribution >= 4 is 23.2 Å². The molecule has 0 unspecified atom stereocenters. The highest BCUT2D eigenvalue weighted by atomic mass is 35.5. The first-order valence-electron chi connectivity index (χ1n) is 10.3. The Kier molecular flexibility index (Phi) is 5.32. The predicted octanol–water partition coefficient (Wildman–Crippen LogP) is 5.84. The van der Waals surface area contributed by atoms with Gasteiger partial charge in [0.1, 0.15) is 5.69 Å². The number of aromatic nitrogens is 4. The number of halogens is 1. The normalized spacial score (nSPS) is 11.0. The van der Waals surface area contributed by atoms with Crippen molar-refractivity contribution in [2.75, 3.05) is 5.32 Å². The molecule has 0 bridgehead atoms. The second kappa shape index (κ2) is 8.44. The van der Waals surface area contributed by atoms with Gasteiger partial charge < -0.3 is 9.73 Å². The van der Waals surface area contributed by atoms with Crippen molar-refractivity contribution in [3.8, 4) is 22.8 Å². The number of amides is 1. The summed E-state index contributed by atoms with van der Waals surface area (Å²) < 4.78 is 9.03. The van der Waals surface area contributed by atoms with Crippen LogP contribution in [-0.4, -0.2) is 25.5 Å². The lowest BCUT2D eigenvalue weighted by atomic mass is 10.2. The minimum atomic E-state index is -0.345. The van der Waals surface area contributed by atoms with Crippen LogP contribution in [-0.2, 0) is 0 Å². The summed E-state index contributed by atoms with van der Waals surface area (Å²) in [7, 11) is 0. The van der Waals surface area contributed by atoms with Crippen molar-refractivity contribution in [2.45, 2.75) is 13.8 Å². The molecule has 1 N–H and O–H groups in total. The topological polar surface area (TPSA) is 77.9 Å². The molecular weight excluding hydrogens is 438 g/mol. The van der Waals surface area contributed by atoms with Gasteiger partial charge in [-0.05, 0) is 56.3 Å². The predicted molar refractivity (Wildman–Crippen MR) is 127 cm³/mol. The zero-order valence-corrected chi connectivity index (χ0v) is 18.7. The van der Waals surface area contributed by atoms with Gasteiger partial charge >= 0.3 is 0 Å². The first-order chi connectivity index (χ1) is 16.0.